The zero-order valence-electron chi connectivity index (χ0n) is 12.2. The van der Waals surface area contributed by atoms with Crippen molar-refractivity contribution in [2.75, 3.05) is 18.5 Å². The summed E-state index contributed by atoms with van der Waals surface area (Å²) < 4.78 is 13.0. The van der Waals surface area contributed by atoms with Crippen molar-refractivity contribution in [1.82, 2.24) is 10.3 Å². The van der Waals surface area contributed by atoms with Crippen LogP contribution in [0.25, 0.3) is 0 Å². The minimum absolute atomic E-state index is 0.223. The van der Waals surface area contributed by atoms with Gasteiger partial charge in [-0.05, 0) is 62.4 Å². The monoisotopic (exact) mass is 273 g/mol. The standard InChI is InChI=1S/C16H20FN3/c1-4-20(15-7-5-14(17)6-8-15)16-12(2)9-13(10-18-3)11-19-16/h5-9,11,18H,4,10H2,1-3H3. The number of hydrogen-bond acceptors (Lipinski definition) is 3. The van der Waals surface area contributed by atoms with E-state index in [1.54, 1.807) is 12.1 Å². The molecule has 0 saturated heterocycles. The van der Waals surface area contributed by atoms with Crippen LogP contribution in [0.4, 0.5) is 15.9 Å². The maximum Gasteiger partial charge on any atom is 0.135 e. The quantitative estimate of drug-likeness (QED) is 0.905. The summed E-state index contributed by atoms with van der Waals surface area (Å²) in [5.41, 5.74) is 3.22. The first-order valence-electron chi connectivity index (χ1n) is 6.79. The van der Waals surface area contributed by atoms with Crippen LogP contribution in [0.3, 0.4) is 0 Å². The van der Waals surface area contributed by atoms with Gasteiger partial charge in [-0.15, -0.1) is 0 Å². The first-order chi connectivity index (χ1) is 9.65. The first-order valence-corrected chi connectivity index (χ1v) is 6.79. The van der Waals surface area contributed by atoms with Crippen LogP contribution < -0.4 is 10.2 Å². The number of halogens is 1. The van der Waals surface area contributed by atoms with Crippen LogP contribution in [0.5, 0.6) is 0 Å². The van der Waals surface area contributed by atoms with E-state index in [2.05, 4.69) is 28.2 Å². The lowest BCUT2D eigenvalue weighted by atomic mass is 10.2. The van der Waals surface area contributed by atoms with Crippen LogP contribution in [0, 0.1) is 12.7 Å². The van der Waals surface area contributed by atoms with Gasteiger partial charge in [-0.3, -0.25) is 0 Å². The highest BCUT2D eigenvalue weighted by Gasteiger charge is 2.12. The van der Waals surface area contributed by atoms with Crippen molar-refractivity contribution in [2.24, 2.45) is 0 Å². The number of nitrogens with zero attached hydrogens (tertiary/aromatic N) is 2. The van der Waals surface area contributed by atoms with Crippen molar-refractivity contribution in [3.05, 3.63) is 53.5 Å². The highest BCUT2D eigenvalue weighted by Crippen LogP contribution is 2.26. The van der Waals surface area contributed by atoms with Crippen LogP contribution in [0.15, 0.2) is 36.5 Å². The highest BCUT2D eigenvalue weighted by atomic mass is 19.1. The van der Waals surface area contributed by atoms with Gasteiger partial charge in [0, 0.05) is 25.0 Å². The van der Waals surface area contributed by atoms with E-state index in [0.29, 0.717) is 0 Å². The Morgan fingerprint density at radius 2 is 1.95 bits per heavy atom. The largest absolute Gasteiger partial charge is 0.326 e. The van der Waals surface area contributed by atoms with E-state index in [-0.39, 0.29) is 5.82 Å². The van der Waals surface area contributed by atoms with Gasteiger partial charge in [0.25, 0.3) is 0 Å². The average molecular weight is 273 g/mol. The van der Waals surface area contributed by atoms with E-state index in [9.17, 15) is 4.39 Å². The van der Waals surface area contributed by atoms with E-state index >= 15 is 0 Å². The average Bonchev–Trinajstić information content (AvgIpc) is 2.44. The van der Waals surface area contributed by atoms with Gasteiger partial charge in [0.05, 0.1) is 0 Å². The van der Waals surface area contributed by atoms with Crippen molar-refractivity contribution in [3.8, 4) is 0 Å². The van der Waals surface area contributed by atoms with Crippen LogP contribution in [-0.2, 0) is 6.54 Å². The second kappa shape index (κ2) is 6.48. The number of hydrogen-bond donors (Lipinski definition) is 1. The van der Waals surface area contributed by atoms with Gasteiger partial charge >= 0.3 is 0 Å². The minimum Gasteiger partial charge on any atom is -0.326 e. The molecule has 0 atom stereocenters. The molecule has 0 saturated carbocycles. The molecule has 0 bridgehead atoms. The summed E-state index contributed by atoms with van der Waals surface area (Å²) in [6.45, 7) is 5.70. The third-order valence-electron chi connectivity index (χ3n) is 3.20. The molecule has 1 aromatic heterocycles. The Morgan fingerprint density at radius 3 is 2.50 bits per heavy atom. The lowest BCUT2D eigenvalue weighted by Gasteiger charge is -2.24. The summed E-state index contributed by atoms with van der Waals surface area (Å²) in [4.78, 5) is 6.64. The summed E-state index contributed by atoms with van der Waals surface area (Å²) in [5, 5.41) is 3.12. The lowest BCUT2D eigenvalue weighted by molar-refractivity contribution is 0.628. The molecule has 2 rings (SSSR count). The topological polar surface area (TPSA) is 28.2 Å². The van der Waals surface area contributed by atoms with Crippen molar-refractivity contribution < 1.29 is 4.39 Å². The fourth-order valence-electron chi connectivity index (χ4n) is 2.28. The zero-order valence-corrected chi connectivity index (χ0v) is 12.2. The maximum atomic E-state index is 13.0. The summed E-state index contributed by atoms with van der Waals surface area (Å²) in [5.74, 6) is 0.692. The van der Waals surface area contributed by atoms with Crippen LogP contribution in [0.2, 0.25) is 0 Å². The number of nitrogens with one attached hydrogen (secondary N) is 1. The van der Waals surface area contributed by atoms with E-state index in [4.69, 9.17) is 0 Å². The van der Waals surface area contributed by atoms with E-state index in [1.165, 1.54) is 12.1 Å². The molecule has 0 aliphatic carbocycles. The molecular weight excluding hydrogens is 253 g/mol. The first kappa shape index (κ1) is 14.5. The Hall–Kier alpha value is -1.94. The number of anilines is 2. The molecule has 106 valence electrons. The predicted octanol–water partition coefficient (Wildman–Crippen LogP) is 3.41. The SMILES string of the molecule is CCN(c1ccc(F)cc1)c1ncc(CNC)cc1C. The molecule has 0 amide bonds. The Bertz CT molecular complexity index is 566. The molecule has 0 radical (unpaired) electrons. The molecular formula is C16H20FN3. The fraction of sp³-hybridized carbons (Fsp3) is 0.312. The van der Waals surface area contributed by atoms with E-state index in [1.807, 2.05) is 20.2 Å². The van der Waals surface area contributed by atoms with Crippen molar-refractivity contribution in [2.45, 2.75) is 20.4 Å². The molecule has 0 aliphatic rings. The molecule has 1 heterocycles. The molecule has 4 heteroatoms. The second-order valence-corrected chi connectivity index (χ2v) is 4.74. The molecule has 1 aromatic carbocycles. The van der Waals surface area contributed by atoms with Gasteiger partial charge in [-0.2, -0.15) is 0 Å². The maximum absolute atomic E-state index is 13.0. The minimum atomic E-state index is -0.223. The molecule has 1 N–H and O–H groups in total. The van der Waals surface area contributed by atoms with Crippen molar-refractivity contribution >= 4 is 11.5 Å². The Morgan fingerprint density at radius 1 is 1.25 bits per heavy atom. The number of aromatic nitrogens is 1. The Kier molecular flexibility index (Phi) is 4.69. The van der Waals surface area contributed by atoms with Crippen LogP contribution >= 0.6 is 0 Å². The van der Waals surface area contributed by atoms with E-state index < -0.39 is 0 Å². The van der Waals surface area contributed by atoms with Gasteiger partial charge < -0.3 is 10.2 Å². The third kappa shape index (κ3) is 3.14. The molecule has 0 spiro atoms. The molecule has 0 fully saturated rings. The van der Waals surface area contributed by atoms with Gasteiger partial charge in [0.1, 0.15) is 11.6 Å². The summed E-state index contributed by atoms with van der Waals surface area (Å²) in [6, 6.07) is 8.64. The predicted molar refractivity (Wildman–Crippen MR) is 80.8 cm³/mol. The third-order valence-corrected chi connectivity index (χ3v) is 3.20. The van der Waals surface area contributed by atoms with Gasteiger partial charge in [-0.25, -0.2) is 9.37 Å². The fourth-order valence-corrected chi connectivity index (χ4v) is 2.28. The molecule has 20 heavy (non-hydrogen) atoms. The molecule has 3 nitrogen and oxygen atoms in total. The molecule has 0 unspecified atom stereocenters. The van der Waals surface area contributed by atoms with Crippen LogP contribution in [0.1, 0.15) is 18.1 Å². The van der Waals surface area contributed by atoms with Crippen molar-refractivity contribution in [3.63, 3.8) is 0 Å². The molecule has 2 aromatic rings. The Labute approximate surface area is 119 Å². The lowest BCUT2D eigenvalue weighted by Crippen LogP contribution is -2.19. The van der Waals surface area contributed by atoms with Crippen molar-refractivity contribution in [1.29, 1.82) is 0 Å². The summed E-state index contributed by atoms with van der Waals surface area (Å²) in [7, 11) is 1.92. The second-order valence-electron chi connectivity index (χ2n) is 4.74. The summed E-state index contributed by atoms with van der Waals surface area (Å²) >= 11 is 0. The number of aryl methyl sites for hydroxylation is 1. The highest BCUT2D eigenvalue weighted by molar-refractivity contribution is 5.62. The normalized spacial score (nSPS) is 10.6. The number of pyridine rings is 1. The molecule has 0 aliphatic heterocycles. The van der Waals surface area contributed by atoms with E-state index in [0.717, 1.165) is 35.7 Å². The van der Waals surface area contributed by atoms with Gasteiger partial charge in [-0.1, -0.05) is 0 Å². The Balaban J connectivity index is 2.34. The number of benzene rings is 1. The number of rotatable bonds is 5. The van der Waals surface area contributed by atoms with Gasteiger partial charge in [0.15, 0.2) is 0 Å². The van der Waals surface area contributed by atoms with Crippen LogP contribution in [-0.4, -0.2) is 18.6 Å². The zero-order chi connectivity index (χ0) is 14.5. The van der Waals surface area contributed by atoms with Gasteiger partial charge in [0.2, 0.25) is 0 Å². The smallest absolute Gasteiger partial charge is 0.135 e. The summed E-state index contributed by atoms with van der Waals surface area (Å²) in [6.07, 6.45) is 1.88.